The predicted octanol–water partition coefficient (Wildman–Crippen LogP) is 5.71. The lowest BCUT2D eigenvalue weighted by atomic mass is 10.0. The number of pyridine rings is 1. The van der Waals surface area contributed by atoms with Crippen LogP contribution in [0.3, 0.4) is 0 Å². The SMILES string of the molecule is Nc1nc(-c2ccco2)c(-c2ccc3ncc(C(F)(F)F)n3c2)c(-n2nnc3cc(OC4CCCC4)ccc32)n1. The van der Waals surface area contributed by atoms with Gasteiger partial charge in [-0.2, -0.15) is 22.8 Å². The highest BCUT2D eigenvalue weighted by molar-refractivity contribution is 5.87. The molecule has 13 heteroatoms. The summed E-state index contributed by atoms with van der Waals surface area (Å²) in [6.07, 6.45) is 3.49. The van der Waals surface area contributed by atoms with Gasteiger partial charge in [-0.3, -0.25) is 4.40 Å². The number of aromatic nitrogens is 7. The van der Waals surface area contributed by atoms with Crippen LogP contribution in [0.2, 0.25) is 0 Å². The van der Waals surface area contributed by atoms with E-state index in [1.807, 2.05) is 18.2 Å². The van der Waals surface area contributed by atoms with Crippen molar-refractivity contribution in [3.63, 3.8) is 0 Å². The molecular formula is C27H21F3N8O2. The number of ether oxygens (including phenoxy) is 1. The van der Waals surface area contributed by atoms with Crippen LogP contribution in [0.4, 0.5) is 19.1 Å². The quantitative estimate of drug-likeness (QED) is 0.292. The average molecular weight is 547 g/mol. The Balaban J connectivity index is 1.43. The van der Waals surface area contributed by atoms with Gasteiger partial charge in [0.1, 0.15) is 28.3 Å². The van der Waals surface area contributed by atoms with Gasteiger partial charge in [0, 0.05) is 17.8 Å². The van der Waals surface area contributed by atoms with E-state index in [0.717, 1.165) is 36.3 Å². The maximum atomic E-state index is 13.7. The van der Waals surface area contributed by atoms with Crippen molar-refractivity contribution in [2.75, 3.05) is 5.73 Å². The van der Waals surface area contributed by atoms with Crippen LogP contribution in [0.1, 0.15) is 31.4 Å². The minimum Gasteiger partial charge on any atom is -0.490 e. The molecule has 0 amide bonds. The molecule has 2 N–H and O–H groups in total. The number of imidazole rings is 1. The Morgan fingerprint density at radius 3 is 2.67 bits per heavy atom. The lowest BCUT2D eigenvalue weighted by Gasteiger charge is -2.15. The van der Waals surface area contributed by atoms with E-state index in [4.69, 9.17) is 14.9 Å². The summed E-state index contributed by atoms with van der Waals surface area (Å²) in [6.45, 7) is 0. The van der Waals surface area contributed by atoms with Crippen LogP contribution in [0.5, 0.6) is 5.75 Å². The number of nitrogens with two attached hydrogens (primary N) is 1. The number of benzene rings is 1. The highest BCUT2D eigenvalue weighted by Crippen LogP contribution is 2.38. The van der Waals surface area contributed by atoms with Crippen molar-refractivity contribution in [1.29, 1.82) is 0 Å². The summed E-state index contributed by atoms with van der Waals surface area (Å²) < 4.78 is 55.4. The molecule has 5 heterocycles. The van der Waals surface area contributed by atoms with Crippen molar-refractivity contribution >= 4 is 22.6 Å². The second-order valence-corrected chi connectivity index (χ2v) is 9.57. The number of anilines is 1. The first kappa shape index (κ1) is 24.1. The van der Waals surface area contributed by atoms with Crippen molar-refractivity contribution < 1.29 is 22.3 Å². The Hall–Kier alpha value is -4.94. The fraction of sp³-hybridized carbons (Fsp3) is 0.222. The van der Waals surface area contributed by atoms with Crippen LogP contribution in [0.15, 0.2) is 65.5 Å². The third-order valence-electron chi connectivity index (χ3n) is 6.97. The van der Waals surface area contributed by atoms with E-state index in [2.05, 4.69) is 25.3 Å². The summed E-state index contributed by atoms with van der Waals surface area (Å²) in [5, 5.41) is 8.65. The molecule has 1 aliphatic carbocycles. The Labute approximate surface area is 224 Å². The molecule has 1 saturated carbocycles. The van der Waals surface area contributed by atoms with Crippen LogP contribution < -0.4 is 10.5 Å². The number of furan rings is 1. The number of alkyl halides is 3. The maximum absolute atomic E-state index is 13.7. The van der Waals surface area contributed by atoms with Gasteiger partial charge in [0.05, 0.1) is 29.6 Å². The Kier molecular flexibility index (Phi) is 5.47. The largest absolute Gasteiger partial charge is 0.490 e. The van der Waals surface area contributed by atoms with Gasteiger partial charge in [0.15, 0.2) is 11.6 Å². The Bertz CT molecular complexity index is 1850. The summed E-state index contributed by atoms with van der Waals surface area (Å²) in [5.41, 5.74) is 7.50. The molecule has 40 heavy (non-hydrogen) atoms. The molecule has 0 atom stereocenters. The highest BCUT2D eigenvalue weighted by atomic mass is 19.4. The van der Waals surface area contributed by atoms with E-state index in [0.29, 0.717) is 33.7 Å². The normalized spacial score (nSPS) is 14.5. The topological polar surface area (TPSA) is 122 Å². The van der Waals surface area contributed by atoms with Crippen molar-refractivity contribution in [2.24, 2.45) is 0 Å². The minimum absolute atomic E-state index is 0.0744. The highest BCUT2D eigenvalue weighted by Gasteiger charge is 2.35. The van der Waals surface area contributed by atoms with Crippen molar-refractivity contribution in [1.82, 2.24) is 34.3 Å². The smallest absolute Gasteiger partial charge is 0.433 e. The van der Waals surface area contributed by atoms with E-state index in [1.165, 1.54) is 23.2 Å². The molecule has 202 valence electrons. The fourth-order valence-electron chi connectivity index (χ4n) is 5.15. The third kappa shape index (κ3) is 4.10. The second-order valence-electron chi connectivity index (χ2n) is 9.57. The van der Waals surface area contributed by atoms with Gasteiger partial charge in [0.25, 0.3) is 0 Å². The summed E-state index contributed by atoms with van der Waals surface area (Å²) in [7, 11) is 0. The zero-order valence-electron chi connectivity index (χ0n) is 20.8. The second kappa shape index (κ2) is 9.07. The van der Waals surface area contributed by atoms with Gasteiger partial charge in [-0.05, 0) is 62.1 Å². The number of nitrogen functional groups attached to an aromatic ring is 1. The standard InChI is InChI=1S/C27H21F3N8O2/c28-27(29,30)21-13-32-22-10-7-15(14-37(21)22)23-24(20-6-3-11-39-20)33-26(31)34-25(23)38-19-9-8-17(12-18(19)35-36-38)40-16-4-1-2-5-16/h3,6-14,16H,1-2,4-5H2,(H2,31,33,34). The van der Waals surface area contributed by atoms with Gasteiger partial charge < -0.3 is 14.9 Å². The van der Waals surface area contributed by atoms with Gasteiger partial charge in [-0.15, -0.1) is 5.10 Å². The molecule has 1 fully saturated rings. The molecule has 1 aliphatic rings. The van der Waals surface area contributed by atoms with Crippen LogP contribution in [-0.2, 0) is 6.18 Å². The summed E-state index contributed by atoms with van der Waals surface area (Å²) >= 11 is 0. The zero-order chi connectivity index (χ0) is 27.4. The molecule has 0 radical (unpaired) electrons. The zero-order valence-corrected chi connectivity index (χ0v) is 20.8. The van der Waals surface area contributed by atoms with Gasteiger partial charge in [-0.25, -0.2) is 9.97 Å². The molecule has 1 aromatic carbocycles. The number of halogens is 3. The van der Waals surface area contributed by atoms with E-state index in [-0.39, 0.29) is 29.2 Å². The first-order valence-corrected chi connectivity index (χ1v) is 12.6. The molecule has 0 unspecified atom stereocenters. The predicted molar refractivity (Wildman–Crippen MR) is 139 cm³/mol. The molecule has 0 spiro atoms. The third-order valence-corrected chi connectivity index (χ3v) is 6.97. The molecule has 0 saturated heterocycles. The molecule has 10 nitrogen and oxygen atoms in total. The van der Waals surface area contributed by atoms with Crippen LogP contribution in [0.25, 0.3) is 45.1 Å². The molecule has 0 aliphatic heterocycles. The number of fused-ring (bicyclic) bond motifs is 2. The van der Waals surface area contributed by atoms with Crippen LogP contribution >= 0.6 is 0 Å². The summed E-state index contributed by atoms with van der Waals surface area (Å²) in [5.74, 6) is 1.19. The molecule has 7 rings (SSSR count). The molecule has 5 aromatic heterocycles. The van der Waals surface area contributed by atoms with Gasteiger partial charge in [-0.1, -0.05) is 5.21 Å². The number of hydrogen-bond acceptors (Lipinski definition) is 8. The summed E-state index contributed by atoms with van der Waals surface area (Å²) in [4.78, 5) is 12.8. The minimum atomic E-state index is -4.61. The molecule has 0 bridgehead atoms. The van der Waals surface area contributed by atoms with Crippen molar-refractivity contribution in [3.8, 4) is 34.1 Å². The molecular weight excluding hydrogens is 525 g/mol. The number of rotatable bonds is 5. The first-order chi connectivity index (χ1) is 19.3. The fourth-order valence-corrected chi connectivity index (χ4v) is 5.15. The van der Waals surface area contributed by atoms with E-state index in [1.54, 1.807) is 18.2 Å². The number of hydrogen-bond donors (Lipinski definition) is 1. The average Bonchev–Trinajstić information content (AvgIpc) is 3.74. The lowest BCUT2D eigenvalue weighted by Crippen LogP contribution is -2.11. The van der Waals surface area contributed by atoms with Crippen LogP contribution in [-0.4, -0.2) is 40.5 Å². The summed E-state index contributed by atoms with van der Waals surface area (Å²) in [6, 6.07) is 11.9. The molecule has 6 aromatic rings. The van der Waals surface area contributed by atoms with Crippen LogP contribution in [0, 0.1) is 0 Å². The first-order valence-electron chi connectivity index (χ1n) is 12.6. The van der Waals surface area contributed by atoms with E-state index >= 15 is 0 Å². The number of nitrogens with zero attached hydrogens (tertiary/aromatic N) is 7. The van der Waals surface area contributed by atoms with Crippen molar-refractivity contribution in [3.05, 3.63) is 66.8 Å². The van der Waals surface area contributed by atoms with E-state index < -0.39 is 11.9 Å². The maximum Gasteiger partial charge on any atom is 0.433 e. The van der Waals surface area contributed by atoms with E-state index in [9.17, 15) is 13.2 Å². The Morgan fingerprint density at radius 1 is 1.05 bits per heavy atom. The van der Waals surface area contributed by atoms with Crippen molar-refractivity contribution in [2.45, 2.75) is 38.0 Å². The van der Waals surface area contributed by atoms with Gasteiger partial charge in [0.2, 0.25) is 5.95 Å². The Morgan fingerprint density at radius 2 is 1.90 bits per heavy atom. The van der Waals surface area contributed by atoms with Gasteiger partial charge >= 0.3 is 6.18 Å². The monoisotopic (exact) mass is 546 g/mol. The lowest BCUT2D eigenvalue weighted by molar-refractivity contribution is -0.141.